The molecule has 28 heavy (non-hydrogen) atoms. The third-order valence-electron chi connectivity index (χ3n) is 4.30. The minimum absolute atomic E-state index is 0.118. The quantitative estimate of drug-likeness (QED) is 0.395. The Labute approximate surface area is 173 Å². The van der Waals surface area contributed by atoms with Crippen LogP contribution in [0.1, 0.15) is 28.8 Å². The molecule has 1 fully saturated rings. The number of carboxylic acids is 1. The first-order valence-corrected chi connectivity index (χ1v) is 10.3. The first kappa shape index (κ1) is 18.8. The number of halogens is 2. The van der Waals surface area contributed by atoms with Gasteiger partial charge in [-0.3, -0.25) is 0 Å². The van der Waals surface area contributed by atoms with Gasteiger partial charge in [-0.1, -0.05) is 34.1 Å². The van der Waals surface area contributed by atoms with Crippen LogP contribution in [0, 0.1) is 5.82 Å². The number of aromatic carboxylic acids is 1. The SMILES string of the molecule is O=C(O)c1cc(F)ccc1/C=N/N(c1nc(-c2ccccc2Br)cs1)C1CC1. The molecule has 4 rings (SSSR count). The van der Waals surface area contributed by atoms with E-state index in [0.29, 0.717) is 5.56 Å². The van der Waals surface area contributed by atoms with Gasteiger partial charge >= 0.3 is 5.97 Å². The van der Waals surface area contributed by atoms with Crippen molar-refractivity contribution in [2.45, 2.75) is 18.9 Å². The average Bonchev–Trinajstić information content (AvgIpc) is 3.40. The standard InChI is InChI=1S/C20H15BrFN3O2S/c21-17-4-2-1-3-15(17)18-11-28-20(24-18)25(14-7-8-14)23-10-12-5-6-13(22)9-16(12)19(26)27/h1-6,9-11,14H,7-8H2,(H,26,27)/b23-10+. The predicted molar refractivity (Wildman–Crippen MR) is 112 cm³/mol. The summed E-state index contributed by atoms with van der Waals surface area (Å²) >= 11 is 5.03. The van der Waals surface area contributed by atoms with E-state index in [4.69, 9.17) is 4.98 Å². The van der Waals surface area contributed by atoms with Crippen molar-refractivity contribution in [1.82, 2.24) is 4.98 Å². The third kappa shape index (κ3) is 3.98. The maximum absolute atomic E-state index is 13.4. The van der Waals surface area contributed by atoms with Gasteiger partial charge in [0.05, 0.1) is 23.5 Å². The lowest BCUT2D eigenvalue weighted by molar-refractivity contribution is 0.0696. The fourth-order valence-corrected chi connectivity index (χ4v) is 4.07. The van der Waals surface area contributed by atoms with Gasteiger partial charge in [-0.05, 0) is 37.1 Å². The second-order valence-electron chi connectivity index (χ2n) is 6.35. The molecule has 1 N–H and O–H groups in total. The van der Waals surface area contributed by atoms with Crippen LogP contribution in [0.5, 0.6) is 0 Å². The molecule has 1 aliphatic carbocycles. The number of thiazole rings is 1. The second kappa shape index (κ2) is 7.81. The summed E-state index contributed by atoms with van der Waals surface area (Å²) in [5.41, 5.74) is 2.08. The fraction of sp³-hybridized carbons (Fsp3) is 0.150. The summed E-state index contributed by atoms with van der Waals surface area (Å²) in [6.07, 6.45) is 3.45. The Morgan fingerprint density at radius 2 is 2.11 bits per heavy atom. The number of hydrazone groups is 1. The average molecular weight is 460 g/mol. The molecule has 0 unspecified atom stereocenters. The lowest BCUT2D eigenvalue weighted by atomic mass is 10.1. The van der Waals surface area contributed by atoms with Crippen molar-refractivity contribution in [1.29, 1.82) is 0 Å². The van der Waals surface area contributed by atoms with Gasteiger partial charge < -0.3 is 5.11 Å². The van der Waals surface area contributed by atoms with E-state index < -0.39 is 11.8 Å². The van der Waals surface area contributed by atoms with E-state index in [1.165, 1.54) is 29.7 Å². The number of hydrogen-bond donors (Lipinski definition) is 1. The molecular weight excluding hydrogens is 445 g/mol. The zero-order valence-electron chi connectivity index (χ0n) is 14.5. The zero-order valence-corrected chi connectivity index (χ0v) is 17.0. The van der Waals surface area contributed by atoms with E-state index in [2.05, 4.69) is 21.0 Å². The summed E-state index contributed by atoms with van der Waals surface area (Å²) in [4.78, 5) is 16.1. The Morgan fingerprint density at radius 1 is 1.32 bits per heavy atom. The van der Waals surface area contributed by atoms with Gasteiger partial charge in [-0.2, -0.15) is 5.10 Å². The van der Waals surface area contributed by atoms with E-state index in [1.807, 2.05) is 34.7 Å². The van der Waals surface area contributed by atoms with Crippen LogP contribution in [0.15, 0.2) is 57.4 Å². The first-order chi connectivity index (χ1) is 13.5. The van der Waals surface area contributed by atoms with Gasteiger partial charge in [0, 0.05) is 21.0 Å². The highest BCUT2D eigenvalue weighted by molar-refractivity contribution is 9.10. The van der Waals surface area contributed by atoms with Crippen LogP contribution in [0.3, 0.4) is 0 Å². The van der Waals surface area contributed by atoms with Crippen molar-refractivity contribution < 1.29 is 14.3 Å². The monoisotopic (exact) mass is 459 g/mol. The van der Waals surface area contributed by atoms with Gasteiger partial charge in [-0.15, -0.1) is 11.3 Å². The van der Waals surface area contributed by atoms with E-state index in [9.17, 15) is 14.3 Å². The summed E-state index contributed by atoms with van der Waals surface area (Å²) in [5.74, 6) is -1.78. The van der Waals surface area contributed by atoms with Gasteiger partial charge in [0.1, 0.15) is 5.82 Å². The van der Waals surface area contributed by atoms with E-state index in [0.717, 1.165) is 39.8 Å². The largest absolute Gasteiger partial charge is 0.478 e. The van der Waals surface area contributed by atoms with E-state index in [-0.39, 0.29) is 11.6 Å². The topological polar surface area (TPSA) is 65.8 Å². The number of hydrogen-bond acceptors (Lipinski definition) is 5. The summed E-state index contributed by atoms with van der Waals surface area (Å²) in [5, 5.41) is 18.3. The lowest BCUT2D eigenvalue weighted by Gasteiger charge is -2.14. The highest BCUT2D eigenvalue weighted by atomic mass is 79.9. The molecule has 0 saturated heterocycles. The molecule has 142 valence electrons. The molecule has 0 bridgehead atoms. The molecule has 1 saturated carbocycles. The maximum Gasteiger partial charge on any atom is 0.336 e. The maximum atomic E-state index is 13.4. The van der Waals surface area contributed by atoms with Crippen LogP contribution >= 0.6 is 27.3 Å². The Balaban J connectivity index is 1.64. The molecule has 5 nitrogen and oxygen atoms in total. The van der Waals surface area contributed by atoms with Crippen molar-refractivity contribution in [3.05, 3.63) is 69.3 Å². The van der Waals surface area contributed by atoms with Crippen LogP contribution in [0.25, 0.3) is 11.3 Å². The summed E-state index contributed by atoms with van der Waals surface area (Å²) in [6.45, 7) is 0. The zero-order chi connectivity index (χ0) is 19.7. The Morgan fingerprint density at radius 3 is 2.82 bits per heavy atom. The number of aromatic nitrogens is 1. The molecule has 1 aliphatic rings. The van der Waals surface area contributed by atoms with Crippen LogP contribution in [0.4, 0.5) is 9.52 Å². The smallest absolute Gasteiger partial charge is 0.336 e. The summed E-state index contributed by atoms with van der Waals surface area (Å²) < 4.78 is 14.3. The van der Waals surface area contributed by atoms with Crippen molar-refractivity contribution >= 4 is 44.6 Å². The van der Waals surface area contributed by atoms with Gasteiger partial charge in [-0.25, -0.2) is 19.2 Å². The minimum Gasteiger partial charge on any atom is -0.478 e. The van der Waals surface area contributed by atoms with Gasteiger partial charge in [0.25, 0.3) is 0 Å². The van der Waals surface area contributed by atoms with Gasteiger partial charge in [0.15, 0.2) is 0 Å². The van der Waals surface area contributed by atoms with Crippen LogP contribution in [-0.2, 0) is 0 Å². The lowest BCUT2D eigenvalue weighted by Crippen LogP contribution is -2.19. The molecule has 0 amide bonds. The van der Waals surface area contributed by atoms with Gasteiger partial charge in [0.2, 0.25) is 5.13 Å². The molecule has 0 spiro atoms. The second-order valence-corrected chi connectivity index (χ2v) is 8.04. The highest BCUT2D eigenvalue weighted by Gasteiger charge is 2.31. The number of benzene rings is 2. The minimum atomic E-state index is -1.19. The number of carboxylic acid groups (broad SMARTS) is 1. The number of nitrogens with zero attached hydrogens (tertiary/aromatic N) is 3. The fourth-order valence-electron chi connectivity index (χ4n) is 2.73. The highest BCUT2D eigenvalue weighted by Crippen LogP contribution is 2.37. The number of anilines is 1. The first-order valence-electron chi connectivity index (χ1n) is 8.59. The molecule has 1 heterocycles. The molecule has 0 atom stereocenters. The van der Waals surface area contributed by atoms with Crippen molar-refractivity contribution in [3.63, 3.8) is 0 Å². The molecule has 0 radical (unpaired) electrons. The summed E-state index contributed by atoms with van der Waals surface area (Å²) in [6, 6.07) is 11.7. The van der Waals surface area contributed by atoms with Crippen molar-refractivity contribution in [2.75, 3.05) is 5.01 Å². The van der Waals surface area contributed by atoms with Crippen molar-refractivity contribution in [3.8, 4) is 11.3 Å². The number of rotatable bonds is 6. The Kier molecular flexibility index (Phi) is 5.23. The molecular formula is C20H15BrFN3O2S. The molecule has 1 aromatic heterocycles. The number of carbonyl (C=O) groups is 1. The normalized spacial score (nSPS) is 13.8. The van der Waals surface area contributed by atoms with Crippen LogP contribution in [-0.4, -0.2) is 28.3 Å². The molecule has 0 aliphatic heterocycles. The van der Waals surface area contributed by atoms with E-state index in [1.54, 1.807) is 0 Å². The Bertz CT molecular complexity index is 1070. The van der Waals surface area contributed by atoms with Crippen LogP contribution < -0.4 is 5.01 Å². The van der Waals surface area contributed by atoms with E-state index >= 15 is 0 Å². The Hall–Kier alpha value is -2.58. The molecule has 3 aromatic rings. The molecule has 2 aromatic carbocycles. The van der Waals surface area contributed by atoms with Crippen LogP contribution in [0.2, 0.25) is 0 Å². The summed E-state index contributed by atoms with van der Waals surface area (Å²) in [7, 11) is 0. The molecule has 8 heteroatoms. The third-order valence-corrected chi connectivity index (χ3v) is 5.82. The van der Waals surface area contributed by atoms with Crippen molar-refractivity contribution in [2.24, 2.45) is 5.10 Å². The predicted octanol–water partition coefficient (Wildman–Crippen LogP) is 5.41.